The average Bonchev–Trinajstić information content (AvgIpc) is 2.42. The fourth-order valence-electron chi connectivity index (χ4n) is 1.79. The molecule has 1 aromatic rings. The average molecular weight is 247 g/mol. The molecule has 0 atom stereocenters. The van der Waals surface area contributed by atoms with Crippen molar-refractivity contribution < 1.29 is 9.47 Å². The third-order valence-electron chi connectivity index (χ3n) is 2.81. The number of hydrogen-bond acceptors (Lipinski definition) is 3. The Morgan fingerprint density at radius 2 is 1.94 bits per heavy atom. The number of ether oxygens (including phenoxy) is 2. The summed E-state index contributed by atoms with van der Waals surface area (Å²) in [5, 5.41) is 9.03. The predicted molar refractivity (Wildman–Crippen MR) is 72.0 cm³/mol. The number of unbranched alkanes of at least 4 members (excludes halogenated alkanes) is 4. The van der Waals surface area contributed by atoms with Crippen molar-refractivity contribution in [1.29, 1.82) is 5.26 Å². The fourth-order valence-corrected chi connectivity index (χ4v) is 1.79. The van der Waals surface area contributed by atoms with Crippen molar-refractivity contribution in [2.75, 3.05) is 13.7 Å². The van der Waals surface area contributed by atoms with Crippen LogP contribution in [0.5, 0.6) is 11.5 Å². The maximum absolute atomic E-state index is 9.03. The van der Waals surface area contributed by atoms with Gasteiger partial charge < -0.3 is 9.47 Å². The Balaban J connectivity index is 2.48. The van der Waals surface area contributed by atoms with Crippen LogP contribution in [0.3, 0.4) is 0 Å². The van der Waals surface area contributed by atoms with E-state index in [4.69, 9.17) is 14.7 Å². The highest BCUT2D eigenvalue weighted by atomic mass is 16.5. The van der Waals surface area contributed by atoms with E-state index in [1.165, 1.54) is 25.7 Å². The SMILES string of the molecule is CCCCCCCOc1c(C#N)cccc1OC. The zero-order valence-corrected chi connectivity index (χ0v) is 11.2. The molecule has 0 aromatic heterocycles. The van der Waals surface area contributed by atoms with Gasteiger partial charge in [0.2, 0.25) is 0 Å². The minimum atomic E-state index is 0.530. The number of rotatable bonds is 8. The topological polar surface area (TPSA) is 42.2 Å². The van der Waals surface area contributed by atoms with E-state index < -0.39 is 0 Å². The van der Waals surface area contributed by atoms with E-state index in [-0.39, 0.29) is 0 Å². The quantitative estimate of drug-likeness (QED) is 0.654. The molecule has 0 N–H and O–H groups in total. The summed E-state index contributed by atoms with van der Waals surface area (Å²) < 4.78 is 10.9. The first-order valence-electron chi connectivity index (χ1n) is 6.53. The Morgan fingerprint density at radius 3 is 2.61 bits per heavy atom. The Kier molecular flexibility index (Phi) is 6.71. The van der Waals surface area contributed by atoms with Gasteiger partial charge in [-0.25, -0.2) is 0 Å². The second-order valence-corrected chi connectivity index (χ2v) is 4.21. The van der Waals surface area contributed by atoms with E-state index in [0.717, 1.165) is 6.42 Å². The third kappa shape index (κ3) is 4.29. The van der Waals surface area contributed by atoms with Gasteiger partial charge in [-0.05, 0) is 18.6 Å². The van der Waals surface area contributed by atoms with Gasteiger partial charge in [-0.1, -0.05) is 38.7 Å². The summed E-state index contributed by atoms with van der Waals surface area (Å²) in [7, 11) is 1.59. The zero-order chi connectivity index (χ0) is 13.2. The highest BCUT2D eigenvalue weighted by Gasteiger charge is 2.09. The van der Waals surface area contributed by atoms with Gasteiger partial charge in [0.25, 0.3) is 0 Å². The van der Waals surface area contributed by atoms with Crippen LogP contribution in [-0.4, -0.2) is 13.7 Å². The summed E-state index contributed by atoms with van der Waals surface area (Å²) in [5.41, 5.74) is 0.530. The molecule has 0 fully saturated rings. The second-order valence-electron chi connectivity index (χ2n) is 4.21. The van der Waals surface area contributed by atoms with Crippen LogP contribution in [0.1, 0.15) is 44.6 Å². The van der Waals surface area contributed by atoms with Gasteiger partial charge in [-0.2, -0.15) is 5.26 Å². The molecule has 3 nitrogen and oxygen atoms in total. The van der Waals surface area contributed by atoms with Crippen LogP contribution in [0, 0.1) is 11.3 Å². The molecule has 18 heavy (non-hydrogen) atoms. The molecule has 0 heterocycles. The number of methoxy groups -OCH3 is 1. The van der Waals surface area contributed by atoms with Crippen LogP contribution in [0.15, 0.2) is 18.2 Å². The van der Waals surface area contributed by atoms with Crippen molar-refractivity contribution in [2.45, 2.75) is 39.0 Å². The molecule has 0 saturated carbocycles. The van der Waals surface area contributed by atoms with Crippen LogP contribution >= 0.6 is 0 Å². The lowest BCUT2D eigenvalue weighted by atomic mass is 10.1. The lowest BCUT2D eigenvalue weighted by molar-refractivity contribution is 0.284. The Labute approximate surface area is 109 Å². The first-order valence-corrected chi connectivity index (χ1v) is 6.53. The van der Waals surface area contributed by atoms with Crippen molar-refractivity contribution in [3.63, 3.8) is 0 Å². The van der Waals surface area contributed by atoms with Crippen LogP contribution in [0.2, 0.25) is 0 Å². The van der Waals surface area contributed by atoms with Gasteiger partial charge in [-0.3, -0.25) is 0 Å². The summed E-state index contributed by atoms with van der Waals surface area (Å²) in [5.74, 6) is 1.19. The highest BCUT2D eigenvalue weighted by molar-refractivity contribution is 5.52. The van der Waals surface area contributed by atoms with Crippen molar-refractivity contribution in [1.82, 2.24) is 0 Å². The molecule has 1 rings (SSSR count). The van der Waals surface area contributed by atoms with E-state index >= 15 is 0 Å². The molecule has 0 saturated heterocycles. The van der Waals surface area contributed by atoms with E-state index in [2.05, 4.69) is 13.0 Å². The van der Waals surface area contributed by atoms with E-state index in [9.17, 15) is 0 Å². The minimum absolute atomic E-state index is 0.530. The standard InChI is InChI=1S/C15H21NO2/c1-3-4-5-6-7-11-18-15-13(12-16)9-8-10-14(15)17-2/h8-10H,3-7,11H2,1-2H3. The van der Waals surface area contributed by atoms with E-state index in [0.29, 0.717) is 23.7 Å². The Hall–Kier alpha value is -1.69. The third-order valence-corrected chi connectivity index (χ3v) is 2.81. The maximum atomic E-state index is 9.03. The molecular formula is C15H21NO2. The summed E-state index contributed by atoms with van der Waals surface area (Å²) >= 11 is 0. The second kappa shape index (κ2) is 8.41. The summed E-state index contributed by atoms with van der Waals surface area (Å²) in [6.45, 7) is 2.84. The molecule has 0 amide bonds. The van der Waals surface area contributed by atoms with E-state index in [1.807, 2.05) is 6.07 Å². The van der Waals surface area contributed by atoms with Crippen molar-refractivity contribution in [2.24, 2.45) is 0 Å². The maximum Gasteiger partial charge on any atom is 0.178 e. The molecule has 0 bridgehead atoms. The number of nitriles is 1. The molecule has 0 aliphatic rings. The van der Waals surface area contributed by atoms with Gasteiger partial charge >= 0.3 is 0 Å². The molecule has 0 aliphatic heterocycles. The molecule has 98 valence electrons. The predicted octanol–water partition coefficient (Wildman–Crippen LogP) is 3.92. The number of nitrogens with zero attached hydrogens (tertiary/aromatic N) is 1. The van der Waals surface area contributed by atoms with Crippen LogP contribution in [-0.2, 0) is 0 Å². The van der Waals surface area contributed by atoms with Crippen LogP contribution in [0.4, 0.5) is 0 Å². The molecule has 0 spiro atoms. The number of hydrogen-bond donors (Lipinski definition) is 0. The number of benzene rings is 1. The first kappa shape index (κ1) is 14.4. The normalized spacial score (nSPS) is 9.83. The van der Waals surface area contributed by atoms with Crippen molar-refractivity contribution in [3.05, 3.63) is 23.8 Å². The number of para-hydroxylation sites is 1. The van der Waals surface area contributed by atoms with E-state index in [1.54, 1.807) is 19.2 Å². The summed E-state index contributed by atoms with van der Waals surface area (Å²) in [6.07, 6.45) is 5.95. The van der Waals surface area contributed by atoms with Gasteiger partial charge in [0.1, 0.15) is 6.07 Å². The van der Waals surface area contributed by atoms with Gasteiger partial charge in [0.15, 0.2) is 11.5 Å². The van der Waals surface area contributed by atoms with Crippen LogP contribution < -0.4 is 9.47 Å². The molecule has 0 radical (unpaired) electrons. The molecule has 0 unspecified atom stereocenters. The Morgan fingerprint density at radius 1 is 1.17 bits per heavy atom. The Bertz CT molecular complexity index is 396. The first-order chi connectivity index (χ1) is 8.83. The lowest BCUT2D eigenvalue weighted by Crippen LogP contribution is -2.01. The van der Waals surface area contributed by atoms with Crippen molar-refractivity contribution in [3.8, 4) is 17.6 Å². The minimum Gasteiger partial charge on any atom is -0.493 e. The monoisotopic (exact) mass is 247 g/mol. The molecule has 3 heteroatoms. The van der Waals surface area contributed by atoms with Gasteiger partial charge in [0, 0.05) is 0 Å². The molecule has 0 aliphatic carbocycles. The summed E-state index contributed by atoms with van der Waals surface area (Å²) in [6, 6.07) is 7.48. The lowest BCUT2D eigenvalue weighted by Gasteiger charge is -2.11. The largest absolute Gasteiger partial charge is 0.493 e. The smallest absolute Gasteiger partial charge is 0.178 e. The summed E-state index contributed by atoms with van der Waals surface area (Å²) in [4.78, 5) is 0. The van der Waals surface area contributed by atoms with Crippen LogP contribution in [0.25, 0.3) is 0 Å². The van der Waals surface area contributed by atoms with Crippen molar-refractivity contribution >= 4 is 0 Å². The highest BCUT2D eigenvalue weighted by Crippen LogP contribution is 2.30. The zero-order valence-electron chi connectivity index (χ0n) is 11.2. The molecular weight excluding hydrogens is 226 g/mol. The van der Waals surface area contributed by atoms with Gasteiger partial charge in [-0.15, -0.1) is 0 Å². The van der Waals surface area contributed by atoms with Gasteiger partial charge in [0.05, 0.1) is 19.3 Å². The fraction of sp³-hybridized carbons (Fsp3) is 0.533. The molecule has 1 aromatic carbocycles.